The molecule has 0 aromatic heterocycles. The summed E-state index contributed by atoms with van der Waals surface area (Å²) in [5.41, 5.74) is 0. The highest BCUT2D eigenvalue weighted by atomic mass is 31.2. The molecule has 0 bridgehead atoms. The average Bonchev–Trinajstić information content (AvgIpc) is 2.77. The second-order valence-electron chi connectivity index (χ2n) is 10.9. The first kappa shape index (κ1) is 33.8. The lowest BCUT2D eigenvalue weighted by molar-refractivity contribution is -0.870. The highest BCUT2D eigenvalue weighted by Crippen LogP contribution is 2.43. The Morgan fingerprint density at radius 2 is 1.00 bits per heavy atom. The van der Waals surface area contributed by atoms with Crippen molar-refractivity contribution in [3.63, 3.8) is 0 Å². The highest BCUT2D eigenvalue weighted by Gasteiger charge is 2.20. The molecule has 0 radical (unpaired) electrons. The Morgan fingerprint density at radius 3 is 1.44 bits per heavy atom. The third-order valence-corrected chi connectivity index (χ3v) is 7.16. The maximum absolute atomic E-state index is 11.8. The summed E-state index contributed by atoms with van der Waals surface area (Å²) < 4.78 is 22.8. The van der Waals surface area contributed by atoms with Gasteiger partial charge >= 0.3 is 7.82 Å². The molecule has 0 rings (SSSR count). The summed E-state index contributed by atoms with van der Waals surface area (Å²) >= 11 is 0. The van der Waals surface area contributed by atoms with Gasteiger partial charge in [0, 0.05) is 6.42 Å². The fraction of sp³-hybridized carbons (Fsp3) is 0.929. The lowest BCUT2D eigenvalue weighted by Crippen LogP contribution is -2.35. The summed E-state index contributed by atoms with van der Waals surface area (Å²) in [6, 6.07) is 0. The Labute approximate surface area is 212 Å². The van der Waals surface area contributed by atoms with E-state index in [1.54, 1.807) is 0 Å². The van der Waals surface area contributed by atoms with Gasteiger partial charge < -0.3 is 9.38 Å². The Bertz CT molecular complexity index is 505. The van der Waals surface area contributed by atoms with Crippen molar-refractivity contribution >= 4 is 7.82 Å². The lowest BCUT2D eigenvalue weighted by Gasteiger charge is -2.23. The number of hydrogen-bond donors (Lipinski definition) is 1. The van der Waals surface area contributed by atoms with E-state index in [0.29, 0.717) is 6.61 Å². The molecule has 0 aromatic carbocycles. The molecule has 6 heteroatoms. The van der Waals surface area contributed by atoms with E-state index in [1.165, 1.54) is 103 Å². The van der Waals surface area contributed by atoms with Crippen LogP contribution in [0.5, 0.6) is 0 Å². The second kappa shape index (κ2) is 23.2. The molecular formula is C28H59NO4P+. The zero-order valence-electron chi connectivity index (χ0n) is 23.3. The van der Waals surface area contributed by atoms with Crippen molar-refractivity contribution in [1.82, 2.24) is 0 Å². The Hall–Kier alpha value is -0.190. The summed E-state index contributed by atoms with van der Waals surface area (Å²) in [6.45, 7) is 3.74. The van der Waals surface area contributed by atoms with Gasteiger partial charge in [-0.25, -0.2) is 4.57 Å². The molecule has 0 fully saturated rings. The number of unbranched alkanes of at least 4 members (excludes halogenated alkanes) is 16. The van der Waals surface area contributed by atoms with Crippen LogP contribution in [0.4, 0.5) is 0 Å². The average molecular weight is 505 g/mol. The van der Waals surface area contributed by atoms with Crippen LogP contribution < -0.4 is 0 Å². The van der Waals surface area contributed by atoms with Crippen LogP contribution in [0.25, 0.3) is 0 Å². The summed E-state index contributed by atoms with van der Waals surface area (Å²) in [5, 5.41) is 0. The van der Waals surface area contributed by atoms with Gasteiger partial charge in [-0.15, -0.1) is 0 Å². The van der Waals surface area contributed by atoms with E-state index in [9.17, 15) is 9.46 Å². The molecule has 0 aliphatic rings. The number of nitrogens with zero attached hydrogens (tertiary/aromatic N) is 1. The number of phosphoric ester groups is 1. The number of allylic oxidation sites excluding steroid dienone is 2. The molecule has 34 heavy (non-hydrogen) atoms. The van der Waals surface area contributed by atoms with Crippen molar-refractivity contribution in [3.8, 4) is 0 Å². The van der Waals surface area contributed by atoms with E-state index in [4.69, 9.17) is 9.05 Å². The Balaban J connectivity index is 3.30. The normalized spacial score (nSPS) is 14.1. The summed E-state index contributed by atoms with van der Waals surface area (Å²) in [5.74, 6) is 0. The van der Waals surface area contributed by atoms with E-state index in [2.05, 4.69) is 40.2 Å². The standard InChI is InChI=1S/C28H58NO4P/c1-5-6-7-8-9-10-11-12-13-14-15-16-17-18-19-20-21-22-23-24-27-32-34(30,31)33-28-25-26-29(2,3)4/h12-13H,5-11,14-28H2,1-4H3/p+1/b13-12-. The summed E-state index contributed by atoms with van der Waals surface area (Å²) in [6.07, 6.45) is 28.7. The SMILES string of the molecule is CCCCCCCC/C=C\CCCCCCCCCCCCOP(=O)(O)OCCC[N+](C)(C)C. The minimum atomic E-state index is -3.88. The van der Waals surface area contributed by atoms with Gasteiger partial charge in [0.15, 0.2) is 0 Å². The van der Waals surface area contributed by atoms with Crippen molar-refractivity contribution in [2.75, 3.05) is 40.9 Å². The number of rotatable bonds is 26. The topological polar surface area (TPSA) is 55.8 Å². The van der Waals surface area contributed by atoms with Crippen LogP contribution in [0.2, 0.25) is 0 Å². The second-order valence-corrected chi connectivity index (χ2v) is 12.3. The molecule has 0 amide bonds. The predicted molar refractivity (Wildman–Crippen MR) is 147 cm³/mol. The van der Waals surface area contributed by atoms with E-state index in [0.717, 1.165) is 30.3 Å². The molecule has 1 N–H and O–H groups in total. The van der Waals surface area contributed by atoms with Gasteiger partial charge in [0.2, 0.25) is 0 Å². The number of quaternary nitrogens is 1. The van der Waals surface area contributed by atoms with Gasteiger partial charge in [0.25, 0.3) is 0 Å². The lowest BCUT2D eigenvalue weighted by atomic mass is 10.1. The zero-order valence-corrected chi connectivity index (χ0v) is 24.2. The van der Waals surface area contributed by atoms with Crippen LogP contribution in [0.3, 0.4) is 0 Å². The largest absolute Gasteiger partial charge is 0.472 e. The first-order chi connectivity index (χ1) is 16.3. The quantitative estimate of drug-likeness (QED) is 0.0553. The van der Waals surface area contributed by atoms with Crippen LogP contribution in [-0.2, 0) is 13.6 Å². The third-order valence-electron chi connectivity index (χ3n) is 6.14. The van der Waals surface area contributed by atoms with Crippen molar-refractivity contribution in [3.05, 3.63) is 12.2 Å². The van der Waals surface area contributed by atoms with Crippen LogP contribution in [-0.4, -0.2) is 50.3 Å². The van der Waals surface area contributed by atoms with Gasteiger partial charge in [0.1, 0.15) is 0 Å². The fourth-order valence-electron chi connectivity index (χ4n) is 3.99. The summed E-state index contributed by atoms with van der Waals surface area (Å²) in [4.78, 5) is 9.70. The molecule has 1 unspecified atom stereocenters. The van der Waals surface area contributed by atoms with Gasteiger partial charge in [-0.3, -0.25) is 9.05 Å². The highest BCUT2D eigenvalue weighted by molar-refractivity contribution is 7.47. The maximum atomic E-state index is 11.8. The van der Waals surface area contributed by atoms with Gasteiger partial charge in [0.05, 0.1) is 40.9 Å². The van der Waals surface area contributed by atoms with Crippen molar-refractivity contribution in [1.29, 1.82) is 0 Å². The van der Waals surface area contributed by atoms with Crippen molar-refractivity contribution in [2.45, 2.75) is 129 Å². The Kier molecular flexibility index (Phi) is 23.1. The zero-order chi connectivity index (χ0) is 25.4. The fourth-order valence-corrected chi connectivity index (χ4v) is 4.79. The van der Waals surface area contributed by atoms with Gasteiger partial charge in [-0.1, -0.05) is 103 Å². The van der Waals surface area contributed by atoms with Crippen LogP contribution in [0.1, 0.15) is 129 Å². The monoisotopic (exact) mass is 504 g/mol. The summed E-state index contributed by atoms with van der Waals surface area (Å²) in [7, 11) is 2.39. The molecule has 0 spiro atoms. The van der Waals surface area contributed by atoms with Gasteiger partial charge in [-0.05, 0) is 32.1 Å². The van der Waals surface area contributed by atoms with E-state index < -0.39 is 7.82 Å². The molecule has 0 heterocycles. The Morgan fingerprint density at radius 1 is 0.618 bits per heavy atom. The molecule has 0 aliphatic heterocycles. The molecule has 1 atom stereocenters. The molecular weight excluding hydrogens is 445 g/mol. The molecule has 204 valence electrons. The van der Waals surface area contributed by atoms with Crippen LogP contribution in [0, 0.1) is 0 Å². The molecule has 5 nitrogen and oxygen atoms in total. The molecule has 0 aliphatic carbocycles. The maximum Gasteiger partial charge on any atom is 0.472 e. The van der Waals surface area contributed by atoms with E-state index in [-0.39, 0.29) is 6.61 Å². The minimum Gasteiger partial charge on any atom is -0.331 e. The smallest absolute Gasteiger partial charge is 0.331 e. The van der Waals surface area contributed by atoms with E-state index in [1.807, 2.05) is 0 Å². The van der Waals surface area contributed by atoms with Crippen molar-refractivity contribution in [2.24, 2.45) is 0 Å². The van der Waals surface area contributed by atoms with Crippen LogP contribution >= 0.6 is 7.82 Å². The molecule has 0 aromatic rings. The predicted octanol–water partition coefficient (Wildman–Crippen LogP) is 8.81. The van der Waals surface area contributed by atoms with Gasteiger partial charge in [-0.2, -0.15) is 0 Å². The number of phosphoric acid groups is 1. The number of hydrogen-bond acceptors (Lipinski definition) is 3. The minimum absolute atomic E-state index is 0.263. The molecule has 0 saturated heterocycles. The van der Waals surface area contributed by atoms with Crippen molar-refractivity contribution < 1.29 is 23.0 Å². The van der Waals surface area contributed by atoms with E-state index >= 15 is 0 Å². The molecule has 0 saturated carbocycles. The first-order valence-electron chi connectivity index (χ1n) is 14.3. The third kappa shape index (κ3) is 28.1. The van der Waals surface area contributed by atoms with Crippen LogP contribution in [0.15, 0.2) is 12.2 Å². The first-order valence-corrected chi connectivity index (χ1v) is 15.8.